The molecule has 0 atom stereocenters. The second kappa shape index (κ2) is 5.59. The Morgan fingerprint density at radius 3 is 2.79 bits per heavy atom. The van der Waals surface area contributed by atoms with Crippen molar-refractivity contribution in [3.8, 4) is 6.07 Å². The number of nitriles is 1. The van der Waals surface area contributed by atoms with Gasteiger partial charge in [-0.05, 0) is 46.3 Å². The van der Waals surface area contributed by atoms with Crippen LogP contribution in [0.15, 0.2) is 41.1 Å². The number of pyridine rings is 1. The first-order valence-corrected chi connectivity index (χ1v) is 6.02. The summed E-state index contributed by atoms with van der Waals surface area (Å²) in [6, 6.07) is 8.71. The van der Waals surface area contributed by atoms with Gasteiger partial charge in [-0.3, -0.25) is 4.79 Å². The van der Waals surface area contributed by atoms with Crippen LogP contribution in [-0.4, -0.2) is 10.9 Å². The van der Waals surface area contributed by atoms with E-state index in [1.807, 2.05) is 6.07 Å². The van der Waals surface area contributed by atoms with Crippen molar-refractivity contribution in [1.29, 1.82) is 5.26 Å². The highest BCUT2D eigenvalue weighted by atomic mass is 79.9. The lowest BCUT2D eigenvalue weighted by Gasteiger charge is -2.06. The SMILES string of the molecule is N#Cc1ccc(NC(=O)c2ccnc(Br)c2)c(F)c1. The molecule has 6 heteroatoms. The molecule has 0 aliphatic heterocycles. The predicted molar refractivity (Wildman–Crippen MR) is 71.0 cm³/mol. The molecule has 1 aromatic heterocycles. The van der Waals surface area contributed by atoms with Crippen molar-refractivity contribution >= 4 is 27.5 Å². The van der Waals surface area contributed by atoms with Gasteiger partial charge >= 0.3 is 0 Å². The van der Waals surface area contributed by atoms with Crippen LogP contribution in [-0.2, 0) is 0 Å². The summed E-state index contributed by atoms with van der Waals surface area (Å²) in [6.07, 6.45) is 1.47. The second-order valence-electron chi connectivity index (χ2n) is 3.63. The Morgan fingerprint density at radius 1 is 1.37 bits per heavy atom. The third kappa shape index (κ3) is 3.14. The molecule has 0 radical (unpaired) electrons. The van der Waals surface area contributed by atoms with Crippen LogP contribution >= 0.6 is 15.9 Å². The molecule has 4 nitrogen and oxygen atoms in total. The van der Waals surface area contributed by atoms with Crippen LogP contribution in [0.5, 0.6) is 0 Å². The van der Waals surface area contributed by atoms with E-state index in [0.717, 1.165) is 6.07 Å². The highest BCUT2D eigenvalue weighted by Crippen LogP contribution is 2.17. The molecule has 1 aromatic carbocycles. The van der Waals surface area contributed by atoms with Gasteiger partial charge in [-0.25, -0.2) is 9.37 Å². The molecule has 0 saturated heterocycles. The third-order valence-corrected chi connectivity index (χ3v) is 2.77. The summed E-state index contributed by atoms with van der Waals surface area (Å²) in [5.41, 5.74) is 0.574. The number of benzene rings is 1. The van der Waals surface area contributed by atoms with Crippen molar-refractivity contribution in [2.24, 2.45) is 0 Å². The van der Waals surface area contributed by atoms with Gasteiger partial charge in [0.05, 0.1) is 17.3 Å². The average Bonchev–Trinajstić information content (AvgIpc) is 2.41. The van der Waals surface area contributed by atoms with Crippen molar-refractivity contribution in [1.82, 2.24) is 4.98 Å². The van der Waals surface area contributed by atoms with Gasteiger partial charge in [0.2, 0.25) is 0 Å². The molecule has 0 aliphatic rings. The van der Waals surface area contributed by atoms with Gasteiger partial charge in [-0.15, -0.1) is 0 Å². The Hall–Kier alpha value is -2.26. The topological polar surface area (TPSA) is 65.8 Å². The molecule has 0 unspecified atom stereocenters. The third-order valence-electron chi connectivity index (χ3n) is 2.34. The zero-order chi connectivity index (χ0) is 13.8. The summed E-state index contributed by atoms with van der Waals surface area (Å²) >= 11 is 3.15. The number of carbonyl (C=O) groups is 1. The quantitative estimate of drug-likeness (QED) is 0.865. The van der Waals surface area contributed by atoms with Crippen molar-refractivity contribution in [2.75, 3.05) is 5.32 Å². The molecule has 0 spiro atoms. The fourth-order valence-corrected chi connectivity index (χ4v) is 1.79. The fraction of sp³-hybridized carbons (Fsp3) is 0. The van der Waals surface area contributed by atoms with Gasteiger partial charge < -0.3 is 5.32 Å². The maximum atomic E-state index is 13.6. The molecule has 1 amide bonds. The van der Waals surface area contributed by atoms with Crippen molar-refractivity contribution in [3.05, 3.63) is 58.1 Å². The minimum absolute atomic E-state index is 0.0249. The molecule has 1 heterocycles. The Kier molecular flexibility index (Phi) is 3.88. The molecule has 0 bridgehead atoms. The van der Waals surface area contributed by atoms with Crippen LogP contribution in [0, 0.1) is 17.1 Å². The van der Waals surface area contributed by atoms with E-state index in [2.05, 4.69) is 26.2 Å². The van der Waals surface area contributed by atoms with Crippen LogP contribution < -0.4 is 5.32 Å². The van der Waals surface area contributed by atoms with E-state index in [9.17, 15) is 9.18 Å². The fourth-order valence-electron chi connectivity index (χ4n) is 1.42. The maximum Gasteiger partial charge on any atom is 0.255 e. The van der Waals surface area contributed by atoms with Crippen LogP contribution in [0.3, 0.4) is 0 Å². The maximum absolute atomic E-state index is 13.6. The normalized spacial score (nSPS) is 9.74. The molecule has 2 rings (SSSR count). The molecule has 1 N–H and O–H groups in total. The van der Waals surface area contributed by atoms with E-state index in [4.69, 9.17) is 5.26 Å². The van der Waals surface area contributed by atoms with E-state index in [0.29, 0.717) is 10.2 Å². The molecular formula is C13H7BrFN3O. The number of amides is 1. The first-order chi connectivity index (χ1) is 9.10. The first kappa shape index (κ1) is 13.2. The number of halogens is 2. The number of anilines is 1. The molecule has 0 fully saturated rings. The smallest absolute Gasteiger partial charge is 0.255 e. The molecule has 94 valence electrons. The van der Waals surface area contributed by atoms with Gasteiger partial charge in [0.1, 0.15) is 10.4 Å². The van der Waals surface area contributed by atoms with Crippen molar-refractivity contribution < 1.29 is 9.18 Å². The number of hydrogen-bond acceptors (Lipinski definition) is 3. The highest BCUT2D eigenvalue weighted by molar-refractivity contribution is 9.10. The Balaban J connectivity index is 2.22. The molecule has 0 aliphatic carbocycles. The van der Waals surface area contributed by atoms with Gasteiger partial charge in [0.15, 0.2) is 0 Å². The van der Waals surface area contributed by atoms with E-state index >= 15 is 0 Å². The monoisotopic (exact) mass is 319 g/mol. The second-order valence-corrected chi connectivity index (χ2v) is 4.44. The van der Waals surface area contributed by atoms with E-state index in [-0.39, 0.29) is 11.3 Å². The van der Waals surface area contributed by atoms with Crippen molar-refractivity contribution in [3.63, 3.8) is 0 Å². The first-order valence-electron chi connectivity index (χ1n) is 5.22. The van der Waals surface area contributed by atoms with Crippen molar-refractivity contribution in [2.45, 2.75) is 0 Å². The Labute approximate surface area is 117 Å². The summed E-state index contributed by atoms with van der Waals surface area (Å²) < 4.78 is 14.1. The summed E-state index contributed by atoms with van der Waals surface area (Å²) in [4.78, 5) is 15.8. The van der Waals surface area contributed by atoms with Crippen LogP contribution in [0.25, 0.3) is 0 Å². The lowest BCUT2D eigenvalue weighted by molar-refractivity contribution is 0.102. The number of carbonyl (C=O) groups excluding carboxylic acids is 1. The van der Waals surface area contributed by atoms with E-state index < -0.39 is 11.7 Å². The number of nitrogens with zero attached hydrogens (tertiary/aromatic N) is 2. The van der Waals surface area contributed by atoms with Gasteiger partial charge in [0.25, 0.3) is 5.91 Å². The van der Waals surface area contributed by atoms with E-state index in [1.165, 1.54) is 30.5 Å². The number of nitrogens with one attached hydrogen (secondary N) is 1. The molecule has 0 saturated carbocycles. The summed E-state index contributed by atoms with van der Waals surface area (Å²) in [7, 11) is 0. The Morgan fingerprint density at radius 2 is 2.16 bits per heavy atom. The number of aromatic nitrogens is 1. The Bertz CT molecular complexity index is 682. The number of hydrogen-bond donors (Lipinski definition) is 1. The van der Waals surface area contributed by atoms with Crippen LogP contribution in [0.1, 0.15) is 15.9 Å². The van der Waals surface area contributed by atoms with Gasteiger partial charge in [0, 0.05) is 11.8 Å². The standard InChI is InChI=1S/C13H7BrFN3O/c14-12-6-9(3-4-17-12)13(19)18-11-2-1-8(7-16)5-10(11)15/h1-6H,(H,18,19). The van der Waals surface area contributed by atoms with E-state index in [1.54, 1.807) is 0 Å². The number of rotatable bonds is 2. The minimum Gasteiger partial charge on any atom is -0.319 e. The van der Waals surface area contributed by atoms with Gasteiger partial charge in [-0.1, -0.05) is 0 Å². The lowest BCUT2D eigenvalue weighted by Crippen LogP contribution is -2.13. The lowest BCUT2D eigenvalue weighted by atomic mass is 10.2. The summed E-state index contributed by atoms with van der Waals surface area (Å²) in [5.74, 6) is -1.10. The summed E-state index contributed by atoms with van der Waals surface area (Å²) in [6.45, 7) is 0. The zero-order valence-corrected chi connectivity index (χ0v) is 11.1. The van der Waals surface area contributed by atoms with Gasteiger partial charge in [-0.2, -0.15) is 5.26 Å². The summed E-state index contributed by atoms with van der Waals surface area (Å²) in [5, 5.41) is 11.1. The predicted octanol–water partition coefficient (Wildman–Crippen LogP) is 3.11. The largest absolute Gasteiger partial charge is 0.319 e. The average molecular weight is 320 g/mol. The molecular weight excluding hydrogens is 313 g/mol. The zero-order valence-electron chi connectivity index (χ0n) is 9.52. The molecule has 2 aromatic rings. The minimum atomic E-state index is -0.652. The highest BCUT2D eigenvalue weighted by Gasteiger charge is 2.10. The molecule has 19 heavy (non-hydrogen) atoms. The van der Waals surface area contributed by atoms with Crippen LogP contribution in [0.2, 0.25) is 0 Å². The van der Waals surface area contributed by atoms with Crippen LogP contribution in [0.4, 0.5) is 10.1 Å².